The Kier molecular flexibility index (Phi) is 5.63. The molecule has 0 N–H and O–H groups in total. The molecule has 1 aromatic carbocycles. The third-order valence-corrected chi connectivity index (χ3v) is 4.72. The van der Waals surface area contributed by atoms with Crippen LogP contribution in [0.25, 0.3) is 0 Å². The van der Waals surface area contributed by atoms with Crippen molar-refractivity contribution in [3.05, 3.63) is 29.3 Å². The van der Waals surface area contributed by atoms with E-state index in [1.54, 1.807) is 21.6 Å². The number of halogens is 1. The number of amides is 2. The summed E-state index contributed by atoms with van der Waals surface area (Å²) in [6.45, 7) is 10.3. The van der Waals surface area contributed by atoms with Crippen molar-refractivity contribution in [2.75, 3.05) is 10.8 Å². The Labute approximate surface area is 147 Å². The molecule has 0 bridgehead atoms. The number of carbonyl (C=O) groups excluding carboxylic acids is 1. The van der Waals surface area contributed by atoms with Gasteiger partial charge in [0.15, 0.2) is 5.17 Å². The molecule has 2 rings (SSSR count). The van der Waals surface area contributed by atoms with E-state index in [0.717, 1.165) is 17.3 Å². The van der Waals surface area contributed by atoms with E-state index < -0.39 is 0 Å². The van der Waals surface area contributed by atoms with E-state index in [-0.39, 0.29) is 17.6 Å². The average molecular weight is 354 g/mol. The van der Waals surface area contributed by atoms with Crippen molar-refractivity contribution in [3.63, 3.8) is 0 Å². The van der Waals surface area contributed by atoms with Gasteiger partial charge in [-0.15, -0.1) is 0 Å². The fraction of sp³-hybridized carbons (Fsp3) is 0.529. The standard InChI is InChI=1S/C17H24ClN3OS/c1-6-12(2)21-15(19-17(3,4)5)23-11-20(16(21)22)14-9-7-8-13(18)10-14/h7-10,12H,6,11H2,1-5H3/b19-15-. The second-order valence-electron chi connectivity index (χ2n) is 6.66. The molecular weight excluding hydrogens is 330 g/mol. The van der Waals surface area contributed by atoms with E-state index in [4.69, 9.17) is 16.6 Å². The molecule has 1 heterocycles. The van der Waals surface area contributed by atoms with Gasteiger partial charge in [0, 0.05) is 16.8 Å². The molecule has 6 heteroatoms. The van der Waals surface area contributed by atoms with E-state index >= 15 is 0 Å². The second kappa shape index (κ2) is 7.14. The van der Waals surface area contributed by atoms with E-state index in [1.165, 1.54) is 0 Å². The van der Waals surface area contributed by atoms with Crippen molar-refractivity contribution in [1.82, 2.24) is 4.90 Å². The first-order chi connectivity index (χ1) is 10.7. The van der Waals surface area contributed by atoms with Crippen LogP contribution in [0.4, 0.5) is 10.5 Å². The molecule has 23 heavy (non-hydrogen) atoms. The quantitative estimate of drug-likeness (QED) is 0.746. The fourth-order valence-corrected chi connectivity index (χ4v) is 3.64. The number of benzene rings is 1. The number of amidine groups is 1. The molecule has 1 saturated heterocycles. The van der Waals surface area contributed by atoms with E-state index in [1.807, 2.05) is 45.0 Å². The molecule has 4 nitrogen and oxygen atoms in total. The van der Waals surface area contributed by atoms with Crippen molar-refractivity contribution < 1.29 is 4.79 Å². The van der Waals surface area contributed by atoms with Gasteiger partial charge in [-0.2, -0.15) is 0 Å². The molecule has 0 spiro atoms. The third-order valence-electron chi connectivity index (χ3n) is 3.55. The third kappa shape index (κ3) is 4.42. The maximum Gasteiger partial charge on any atom is 0.331 e. The number of urea groups is 1. The van der Waals surface area contributed by atoms with Crippen LogP contribution in [0.5, 0.6) is 0 Å². The Morgan fingerprint density at radius 1 is 1.39 bits per heavy atom. The van der Waals surface area contributed by atoms with Gasteiger partial charge in [-0.05, 0) is 52.3 Å². The lowest BCUT2D eigenvalue weighted by Crippen LogP contribution is -2.54. The van der Waals surface area contributed by atoms with E-state index in [9.17, 15) is 4.79 Å². The maximum absolute atomic E-state index is 13.0. The van der Waals surface area contributed by atoms with Crippen LogP contribution in [0, 0.1) is 0 Å². The predicted molar refractivity (Wildman–Crippen MR) is 101 cm³/mol. The highest BCUT2D eigenvalue weighted by Crippen LogP contribution is 2.30. The first-order valence-electron chi connectivity index (χ1n) is 7.82. The van der Waals surface area contributed by atoms with Crippen molar-refractivity contribution in [2.45, 2.75) is 52.6 Å². The Bertz CT molecular complexity index is 612. The molecule has 126 valence electrons. The summed E-state index contributed by atoms with van der Waals surface area (Å²) in [5, 5.41) is 1.43. The maximum atomic E-state index is 13.0. The molecule has 0 radical (unpaired) electrons. The zero-order valence-corrected chi connectivity index (χ0v) is 15.9. The van der Waals surface area contributed by atoms with Crippen LogP contribution < -0.4 is 4.90 Å². The summed E-state index contributed by atoms with van der Waals surface area (Å²) < 4.78 is 0. The smallest absolute Gasteiger partial charge is 0.284 e. The average Bonchev–Trinajstić information content (AvgIpc) is 2.45. The van der Waals surface area contributed by atoms with Crippen LogP contribution in [0.1, 0.15) is 41.0 Å². The SMILES string of the molecule is CCC(C)N1C(=O)N(c2cccc(Cl)c2)CS/C1=N\C(C)(C)C. The van der Waals surface area contributed by atoms with Crippen LogP contribution in [-0.2, 0) is 0 Å². The monoisotopic (exact) mass is 353 g/mol. The summed E-state index contributed by atoms with van der Waals surface area (Å²) in [6.07, 6.45) is 0.874. The zero-order chi connectivity index (χ0) is 17.2. The largest absolute Gasteiger partial charge is 0.331 e. The van der Waals surface area contributed by atoms with Gasteiger partial charge in [0.1, 0.15) is 0 Å². The number of aliphatic imine (C=N–C) groups is 1. The number of carbonyl (C=O) groups is 1. The normalized spacial score (nSPS) is 19.4. The molecular formula is C17H24ClN3OS. The molecule has 1 unspecified atom stereocenters. The number of nitrogens with zero attached hydrogens (tertiary/aromatic N) is 3. The van der Waals surface area contributed by atoms with Crippen LogP contribution >= 0.6 is 23.4 Å². The molecule has 1 atom stereocenters. The Hall–Kier alpha value is -1.20. The molecule has 0 saturated carbocycles. The minimum atomic E-state index is -0.216. The number of hydrogen-bond acceptors (Lipinski definition) is 3. The van der Waals surface area contributed by atoms with Crippen LogP contribution in [-0.4, -0.2) is 33.6 Å². The number of rotatable bonds is 3. The molecule has 1 aromatic rings. The van der Waals surface area contributed by atoms with Crippen LogP contribution in [0.2, 0.25) is 5.02 Å². The molecule has 0 aliphatic carbocycles. The van der Waals surface area contributed by atoms with Crippen LogP contribution in [0.15, 0.2) is 29.3 Å². The van der Waals surface area contributed by atoms with E-state index in [2.05, 4.69) is 13.8 Å². The van der Waals surface area contributed by atoms with Gasteiger partial charge in [-0.1, -0.05) is 36.4 Å². The minimum Gasteiger partial charge on any atom is -0.284 e. The summed E-state index contributed by atoms with van der Waals surface area (Å²) in [5.74, 6) is 0.543. The molecule has 1 fully saturated rings. The molecule has 2 amide bonds. The first-order valence-corrected chi connectivity index (χ1v) is 9.18. The minimum absolute atomic E-state index is 0.0385. The lowest BCUT2D eigenvalue weighted by Gasteiger charge is -2.39. The summed E-state index contributed by atoms with van der Waals surface area (Å²) in [7, 11) is 0. The molecule has 1 aliphatic heterocycles. The topological polar surface area (TPSA) is 35.9 Å². The Morgan fingerprint density at radius 3 is 2.65 bits per heavy atom. The highest BCUT2D eigenvalue weighted by Gasteiger charge is 2.35. The number of anilines is 1. The molecule has 1 aliphatic rings. The van der Waals surface area contributed by atoms with Gasteiger partial charge >= 0.3 is 6.03 Å². The molecule has 0 aromatic heterocycles. The Morgan fingerprint density at radius 2 is 2.09 bits per heavy atom. The summed E-state index contributed by atoms with van der Waals surface area (Å²) in [6, 6.07) is 7.46. The highest BCUT2D eigenvalue weighted by molar-refractivity contribution is 8.14. The summed E-state index contributed by atoms with van der Waals surface area (Å²) in [5.41, 5.74) is 0.602. The number of thioether (sulfide) groups is 1. The van der Waals surface area contributed by atoms with Crippen molar-refractivity contribution in [3.8, 4) is 0 Å². The van der Waals surface area contributed by atoms with Gasteiger partial charge in [-0.25, -0.2) is 4.79 Å². The Balaban J connectivity index is 2.37. The van der Waals surface area contributed by atoms with Crippen molar-refractivity contribution in [2.24, 2.45) is 4.99 Å². The highest BCUT2D eigenvalue weighted by atomic mass is 35.5. The fourth-order valence-electron chi connectivity index (χ4n) is 2.22. The van der Waals surface area contributed by atoms with Crippen molar-refractivity contribution >= 4 is 40.2 Å². The van der Waals surface area contributed by atoms with Gasteiger partial charge < -0.3 is 0 Å². The lowest BCUT2D eigenvalue weighted by molar-refractivity contribution is 0.217. The first kappa shape index (κ1) is 18.1. The lowest BCUT2D eigenvalue weighted by atomic mass is 10.1. The predicted octanol–water partition coefficient (Wildman–Crippen LogP) is 5.23. The van der Waals surface area contributed by atoms with Gasteiger partial charge in [-0.3, -0.25) is 14.8 Å². The van der Waals surface area contributed by atoms with E-state index in [0.29, 0.717) is 10.9 Å². The zero-order valence-electron chi connectivity index (χ0n) is 14.3. The summed E-state index contributed by atoms with van der Waals surface area (Å²) >= 11 is 7.66. The van der Waals surface area contributed by atoms with Gasteiger partial charge in [0.05, 0.1) is 11.4 Å². The second-order valence-corrected chi connectivity index (χ2v) is 8.00. The van der Waals surface area contributed by atoms with Crippen molar-refractivity contribution in [1.29, 1.82) is 0 Å². The summed E-state index contributed by atoms with van der Waals surface area (Å²) in [4.78, 5) is 21.4. The number of hydrogen-bond donors (Lipinski definition) is 0. The van der Waals surface area contributed by atoms with Gasteiger partial charge in [0.2, 0.25) is 0 Å². The van der Waals surface area contributed by atoms with Gasteiger partial charge in [0.25, 0.3) is 0 Å². The van der Waals surface area contributed by atoms with Crippen LogP contribution in [0.3, 0.4) is 0 Å².